The maximum Gasteiger partial charge on any atom is 0.259 e. The number of aliphatic hydroxyl groups is 1. The van der Waals surface area contributed by atoms with Crippen LogP contribution in [0.2, 0.25) is 0 Å². The molecule has 1 atom stereocenters. The number of methoxy groups -OCH3 is 1. The molecular weight excluding hydrogens is 494 g/mol. The summed E-state index contributed by atoms with van der Waals surface area (Å²) in [5.74, 6) is 0.295. The highest BCUT2D eigenvalue weighted by Gasteiger charge is 2.23. The number of hydrogen-bond acceptors (Lipinski definition) is 7. The molecule has 0 aliphatic carbocycles. The van der Waals surface area contributed by atoms with Gasteiger partial charge in [0.15, 0.2) is 0 Å². The van der Waals surface area contributed by atoms with E-state index in [1.807, 2.05) is 44.4 Å². The second-order valence-corrected chi connectivity index (χ2v) is 9.17. The predicted molar refractivity (Wildman–Crippen MR) is 151 cm³/mol. The lowest BCUT2D eigenvalue weighted by Crippen LogP contribution is -2.32. The van der Waals surface area contributed by atoms with Gasteiger partial charge >= 0.3 is 0 Å². The van der Waals surface area contributed by atoms with Crippen molar-refractivity contribution in [2.75, 3.05) is 45.0 Å². The predicted octanol–water partition coefficient (Wildman–Crippen LogP) is 4.28. The van der Waals surface area contributed by atoms with E-state index in [2.05, 4.69) is 15.3 Å². The van der Waals surface area contributed by atoms with Crippen LogP contribution in [0.25, 0.3) is 11.3 Å². The van der Waals surface area contributed by atoms with Gasteiger partial charge in [-0.05, 0) is 29.8 Å². The summed E-state index contributed by atoms with van der Waals surface area (Å²) in [7, 11) is 6.79. The number of rotatable bonds is 9. The molecule has 0 aliphatic rings. The summed E-state index contributed by atoms with van der Waals surface area (Å²) in [6, 6.07) is 23.3. The van der Waals surface area contributed by atoms with Crippen LogP contribution in [0.3, 0.4) is 0 Å². The summed E-state index contributed by atoms with van der Waals surface area (Å²) in [6.07, 6.45) is 0.522. The van der Waals surface area contributed by atoms with Crippen LogP contribution < -0.4 is 15.0 Å². The van der Waals surface area contributed by atoms with Gasteiger partial charge in [-0.15, -0.1) is 0 Å². The number of ether oxygens (including phenoxy) is 1. The molecule has 9 nitrogen and oxygen atoms in total. The van der Waals surface area contributed by atoms with E-state index in [1.165, 1.54) is 18.2 Å². The minimum absolute atomic E-state index is 0.0202. The first-order valence-electron chi connectivity index (χ1n) is 12.4. The number of carbonyl (C=O) groups is 2. The van der Waals surface area contributed by atoms with E-state index < -0.39 is 6.10 Å². The minimum Gasteiger partial charge on any atom is -0.496 e. The number of nitrogens with one attached hydrogen (secondary N) is 1. The van der Waals surface area contributed by atoms with Crippen molar-refractivity contribution in [2.45, 2.75) is 6.10 Å². The molecule has 1 heterocycles. The van der Waals surface area contributed by atoms with Gasteiger partial charge in [-0.1, -0.05) is 54.6 Å². The second-order valence-electron chi connectivity index (χ2n) is 9.17. The molecule has 0 radical (unpaired) electrons. The summed E-state index contributed by atoms with van der Waals surface area (Å²) in [6.45, 7) is 0.0202. The number of anilines is 2. The Morgan fingerprint density at radius 1 is 0.949 bits per heavy atom. The molecule has 2 amide bonds. The number of benzene rings is 3. The molecule has 0 saturated heterocycles. The van der Waals surface area contributed by atoms with Gasteiger partial charge in [-0.3, -0.25) is 9.59 Å². The van der Waals surface area contributed by atoms with Gasteiger partial charge in [0.1, 0.15) is 5.75 Å². The van der Waals surface area contributed by atoms with Gasteiger partial charge in [0.2, 0.25) is 5.95 Å². The average molecular weight is 526 g/mol. The van der Waals surface area contributed by atoms with Crippen LogP contribution in [-0.2, 0) is 0 Å². The topological polar surface area (TPSA) is 108 Å². The molecule has 0 bridgehead atoms. The highest BCUT2D eigenvalue weighted by atomic mass is 16.5. The van der Waals surface area contributed by atoms with Crippen LogP contribution in [0.5, 0.6) is 5.75 Å². The molecule has 200 valence electrons. The number of hydrogen-bond donors (Lipinski definition) is 2. The zero-order chi connectivity index (χ0) is 27.9. The first-order chi connectivity index (χ1) is 18.8. The third-order valence-corrected chi connectivity index (χ3v) is 6.13. The van der Waals surface area contributed by atoms with E-state index in [0.29, 0.717) is 39.8 Å². The molecule has 39 heavy (non-hydrogen) atoms. The maximum atomic E-state index is 13.5. The Labute approximate surface area is 227 Å². The van der Waals surface area contributed by atoms with Gasteiger partial charge in [-0.25, -0.2) is 9.97 Å². The quantitative estimate of drug-likeness (QED) is 0.336. The van der Waals surface area contributed by atoms with Crippen LogP contribution >= 0.6 is 0 Å². The molecule has 4 rings (SSSR count). The van der Waals surface area contributed by atoms with Gasteiger partial charge in [0.05, 0.1) is 36.6 Å². The Morgan fingerprint density at radius 3 is 2.38 bits per heavy atom. The summed E-state index contributed by atoms with van der Waals surface area (Å²) < 4.78 is 5.27. The van der Waals surface area contributed by atoms with Crippen molar-refractivity contribution >= 4 is 23.5 Å². The van der Waals surface area contributed by atoms with Crippen LogP contribution in [-0.4, -0.2) is 66.6 Å². The molecule has 2 N–H and O–H groups in total. The van der Waals surface area contributed by atoms with E-state index in [0.717, 1.165) is 5.56 Å². The lowest BCUT2D eigenvalue weighted by molar-refractivity contribution is 0.0681. The number of para-hydroxylation sites is 1. The standard InChI is InChI=1S/C30H31N5O4/c1-34(2)30-31-18-24(27(33-30)20-11-6-5-7-12-20)29(38)35(3)19-25(36)21-13-10-14-22(17-21)32-28(37)23-15-8-9-16-26(23)39-4/h5-18,25,36H,19H2,1-4H3,(H,32,37). The average Bonchev–Trinajstić information content (AvgIpc) is 2.96. The zero-order valence-corrected chi connectivity index (χ0v) is 22.3. The molecule has 9 heteroatoms. The van der Waals surface area contributed by atoms with E-state index in [-0.39, 0.29) is 18.4 Å². The van der Waals surface area contributed by atoms with Crippen molar-refractivity contribution in [3.8, 4) is 17.0 Å². The van der Waals surface area contributed by atoms with Crippen molar-refractivity contribution < 1.29 is 19.4 Å². The lowest BCUT2D eigenvalue weighted by atomic mass is 10.1. The Kier molecular flexibility index (Phi) is 8.53. The molecule has 0 fully saturated rings. The van der Waals surface area contributed by atoms with Gasteiger partial charge in [0.25, 0.3) is 11.8 Å². The Bertz CT molecular complexity index is 1460. The van der Waals surface area contributed by atoms with Crippen molar-refractivity contribution in [2.24, 2.45) is 0 Å². The third kappa shape index (κ3) is 6.39. The van der Waals surface area contributed by atoms with Gasteiger partial charge in [-0.2, -0.15) is 0 Å². The SMILES string of the molecule is COc1ccccc1C(=O)Nc1cccc(C(O)CN(C)C(=O)c2cnc(N(C)C)nc2-c2ccccc2)c1. The molecule has 0 saturated carbocycles. The molecule has 0 spiro atoms. The number of likely N-dealkylation sites (N-methyl/N-ethyl adjacent to an activating group) is 1. The first kappa shape index (κ1) is 27.3. The van der Waals surface area contributed by atoms with Crippen molar-refractivity contribution in [3.63, 3.8) is 0 Å². The molecule has 4 aromatic rings. The maximum absolute atomic E-state index is 13.5. The minimum atomic E-state index is -0.996. The fraction of sp³-hybridized carbons (Fsp3) is 0.200. The van der Waals surface area contributed by atoms with E-state index in [4.69, 9.17) is 4.74 Å². The third-order valence-electron chi connectivity index (χ3n) is 6.13. The number of aromatic nitrogens is 2. The summed E-state index contributed by atoms with van der Waals surface area (Å²) in [5, 5.41) is 13.8. The Hall–Kier alpha value is -4.76. The molecule has 1 unspecified atom stereocenters. The number of amides is 2. The van der Waals surface area contributed by atoms with Gasteiger partial charge < -0.3 is 25.0 Å². The number of carbonyl (C=O) groups excluding carboxylic acids is 2. The van der Waals surface area contributed by atoms with Crippen molar-refractivity contribution in [3.05, 3.63) is 102 Å². The van der Waals surface area contributed by atoms with Crippen LogP contribution in [0.4, 0.5) is 11.6 Å². The molecule has 0 aliphatic heterocycles. The second kappa shape index (κ2) is 12.2. The molecule has 1 aromatic heterocycles. The fourth-order valence-electron chi connectivity index (χ4n) is 4.07. The Balaban J connectivity index is 1.51. The van der Waals surface area contributed by atoms with E-state index >= 15 is 0 Å². The largest absolute Gasteiger partial charge is 0.496 e. The smallest absolute Gasteiger partial charge is 0.259 e. The number of nitrogens with zero attached hydrogens (tertiary/aromatic N) is 4. The summed E-state index contributed by atoms with van der Waals surface area (Å²) in [5.41, 5.74) is 3.10. The van der Waals surface area contributed by atoms with E-state index in [9.17, 15) is 14.7 Å². The fourth-order valence-corrected chi connectivity index (χ4v) is 4.07. The highest BCUT2D eigenvalue weighted by molar-refractivity contribution is 6.06. The monoisotopic (exact) mass is 525 g/mol. The summed E-state index contributed by atoms with van der Waals surface area (Å²) >= 11 is 0. The number of aliphatic hydroxyl groups excluding tert-OH is 1. The lowest BCUT2D eigenvalue weighted by Gasteiger charge is -2.23. The zero-order valence-electron chi connectivity index (χ0n) is 22.3. The van der Waals surface area contributed by atoms with E-state index in [1.54, 1.807) is 60.5 Å². The first-order valence-corrected chi connectivity index (χ1v) is 12.4. The normalized spacial score (nSPS) is 11.4. The van der Waals surface area contributed by atoms with Crippen LogP contribution in [0.15, 0.2) is 85.1 Å². The molecule has 3 aromatic carbocycles. The van der Waals surface area contributed by atoms with Crippen LogP contribution in [0.1, 0.15) is 32.4 Å². The van der Waals surface area contributed by atoms with Gasteiger partial charge in [0, 0.05) is 38.6 Å². The Morgan fingerprint density at radius 2 is 1.67 bits per heavy atom. The highest BCUT2D eigenvalue weighted by Crippen LogP contribution is 2.26. The van der Waals surface area contributed by atoms with Crippen LogP contribution in [0, 0.1) is 0 Å². The summed E-state index contributed by atoms with van der Waals surface area (Å²) in [4.78, 5) is 38.4. The van der Waals surface area contributed by atoms with Crippen molar-refractivity contribution in [1.29, 1.82) is 0 Å². The molecular formula is C30H31N5O4. The van der Waals surface area contributed by atoms with Crippen molar-refractivity contribution in [1.82, 2.24) is 14.9 Å².